The summed E-state index contributed by atoms with van der Waals surface area (Å²) in [5.74, 6) is -1.25. The molecule has 1 aromatic rings. The molecule has 14 heavy (non-hydrogen) atoms. The van der Waals surface area contributed by atoms with Gasteiger partial charge in [-0.15, -0.1) is 0 Å². The maximum atomic E-state index is 11.1. The van der Waals surface area contributed by atoms with Gasteiger partial charge in [-0.25, -0.2) is 9.59 Å². The number of carbonyl (C=O) groups is 2. The van der Waals surface area contributed by atoms with Gasteiger partial charge in [-0.1, -0.05) is 0 Å². The van der Waals surface area contributed by atoms with Crippen LogP contribution in [0, 0.1) is 0 Å². The zero-order chi connectivity index (χ0) is 10.7. The van der Waals surface area contributed by atoms with E-state index in [0.29, 0.717) is 0 Å². The van der Waals surface area contributed by atoms with Gasteiger partial charge in [0.25, 0.3) is 0 Å². The van der Waals surface area contributed by atoms with Gasteiger partial charge in [0.15, 0.2) is 11.4 Å². The van der Waals surface area contributed by atoms with Crippen LogP contribution in [-0.4, -0.2) is 36.4 Å². The summed E-state index contributed by atoms with van der Waals surface area (Å²) in [5.41, 5.74) is 0.0841. The standard InChI is InChI=1S/C7H7BrN2O4/c1-13-6(11)4-3(8)5(10-9-4)7(12)14-2/h1-2H3,(H,9,10). The lowest BCUT2D eigenvalue weighted by Crippen LogP contribution is -2.04. The second-order valence-electron chi connectivity index (χ2n) is 2.24. The minimum Gasteiger partial charge on any atom is -0.464 e. The van der Waals surface area contributed by atoms with E-state index in [0.717, 1.165) is 0 Å². The molecule has 0 aliphatic heterocycles. The Morgan fingerprint density at radius 3 is 2.36 bits per heavy atom. The first-order valence-corrected chi connectivity index (χ1v) is 4.31. The van der Waals surface area contributed by atoms with Crippen LogP contribution in [0.3, 0.4) is 0 Å². The highest BCUT2D eigenvalue weighted by Crippen LogP contribution is 2.20. The number of rotatable bonds is 2. The van der Waals surface area contributed by atoms with Crippen LogP contribution in [0.5, 0.6) is 0 Å². The molecule has 0 fully saturated rings. The SMILES string of the molecule is COC(=O)c1n[nH]c(C(=O)OC)c1Br. The van der Waals surface area contributed by atoms with Crippen LogP contribution in [0.2, 0.25) is 0 Å². The van der Waals surface area contributed by atoms with Gasteiger partial charge in [-0.05, 0) is 15.9 Å². The molecule has 0 saturated carbocycles. The van der Waals surface area contributed by atoms with Crippen LogP contribution in [-0.2, 0) is 9.47 Å². The molecular weight excluding hydrogens is 256 g/mol. The third-order valence-electron chi connectivity index (χ3n) is 1.48. The fraction of sp³-hybridized carbons (Fsp3) is 0.286. The number of carbonyl (C=O) groups excluding carboxylic acids is 2. The molecule has 0 aromatic carbocycles. The van der Waals surface area contributed by atoms with Crippen molar-refractivity contribution in [3.63, 3.8) is 0 Å². The number of aromatic amines is 1. The summed E-state index contributed by atoms with van der Waals surface area (Å²) in [5, 5.41) is 5.98. The van der Waals surface area contributed by atoms with E-state index in [1.807, 2.05) is 0 Å². The molecule has 0 amide bonds. The van der Waals surface area contributed by atoms with Crippen molar-refractivity contribution in [2.24, 2.45) is 0 Å². The van der Waals surface area contributed by atoms with Gasteiger partial charge in [0.1, 0.15) is 0 Å². The summed E-state index contributed by atoms with van der Waals surface area (Å²) >= 11 is 3.04. The van der Waals surface area contributed by atoms with E-state index in [2.05, 4.69) is 35.6 Å². The summed E-state index contributed by atoms with van der Waals surface area (Å²) in [6.07, 6.45) is 0. The summed E-state index contributed by atoms with van der Waals surface area (Å²) in [7, 11) is 2.45. The highest BCUT2D eigenvalue weighted by Gasteiger charge is 2.22. The largest absolute Gasteiger partial charge is 0.464 e. The van der Waals surface area contributed by atoms with Crippen LogP contribution in [0.4, 0.5) is 0 Å². The predicted molar refractivity (Wildman–Crippen MR) is 49.0 cm³/mol. The van der Waals surface area contributed by atoms with Crippen molar-refractivity contribution >= 4 is 27.9 Å². The molecule has 0 aliphatic carbocycles. The van der Waals surface area contributed by atoms with Gasteiger partial charge < -0.3 is 9.47 Å². The number of halogens is 1. The summed E-state index contributed by atoms with van der Waals surface area (Å²) in [6.45, 7) is 0. The van der Waals surface area contributed by atoms with Crippen LogP contribution < -0.4 is 0 Å². The third kappa shape index (κ3) is 1.77. The van der Waals surface area contributed by atoms with E-state index >= 15 is 0 Å². The number of methoxy groups -OCH3 is 2. The number of hydrogen-bond acceptors (Lipinski definition) is 5. The van der Waals surface area contributed by atoms with Gasteiger partial charge in [0, 0.05) is 0 Å². The van der Waals surface area contributed by atoms with Gasteiger partial charge in [0.05, 0.1) is 18.7 Å². The first-order valence-electron chi connectivity index (χ1n) is 3.52. The molecule has 0 saturated heterocycles. The second kappa shape index (κ2) is 4.23. The summed E-state index contributed by atoms with van der Waals surface area (Å²) in [6, 6.07) is 0. The number of aromatic nitrogens is 2. The Labute approximate surface area is 87.7 Å². The van der Waals surface area contributed by atoms with Crippen molar-refractivity contribution < 1.29 is 19.1 Å². The molecule has 0 atom stereocenters. The number of ether oxygens (including phenoxy) is 2. The number of esters is 2. The van der Waals surface area contributed by atoms with Crippen molar-refractivity contribution in [3.05, 3.63) is 15.9 Å². The molecule has 1 aromatic heterocycles. The molecule has 0 spiro atoms. The Balaban J connectivity index is 3.08. The Kier molecular flexibility index (Phi) is 3.23. The normalized spacial score (nSPS) is 9.64. The highest BCUT2D eigenvalue weighted by molar-refractivity contribution is 9.10. The monoisotopic (exact) mass is 262 g/mol. The van der Waals surface area contributed by atoms with Crippen molar-refractivity contribution in [2.75, 3.05) is 14.2 Å². The van der Waals surface area contributed by atoms with E-state index in [9.17, 15) is 9.59 Å². The lowest BCUT2D eigenvalue weighted by Gasteiger charge is -1.95. The van der Waals surface area contributed by atoms with E-state index < -0.39 is 11.9 Å². The quantitative estimate of drug-likeness (QED) is 0.796. The van der Waals surface area contributed by atoms with Crippen LogP contribution >= 0.6 is 15.9 Å². The molecule has 1 rings (SSSR count). The van der Waals surface area contributed by atoms with Crippen molar-refractivity contribution in [1.82, 2.24) is 10.2 Å². The average molecular weight is 263 g/mol. The molecule has 76 valence electrons. The first-order chi connectivity index (χ1) is 6.61. The Morgan fingerprint density at radius 1 is 1.29 bits per heavy atom. The molecule has 6 nitrogen and oxygen atoms in total. The van der Waals surface area contributed by atoms with E-state index in [-0.39, 0.29) is 15.9 Å². The lowest BCUT2D eigenvalue weighted by molar-refractivity contribution is 0.0588. The van der Waals surface area contributed by atoms with Crippen molar-refractivity contribution in [3.8, 4) is 0 Å². The van der Waals surface area contributed by atoms with Gasteiger partial charge in [0.2, 0.25) is 0 Å². The molecule has 1 N–H and O–H groups in total. The number of hydrogen-bond donors (Lipinski definition) is 1. The smallest absolute Gasteiger partial charge is 0.359 e. The van der Waals surface area contributed by atoms with Gasteiger partial charge in [-0.3, -0.25) is 5.10 Å². The Hall–Kier alpha value is -1.37. The van der Waals surface area contributed by atoms with E-state index in [4.69, 9.17) is 0 Å². The van der Waals surface area contributed by atoms with Gasteiger partial charge in [-0.2, -0.15) is 5.10 Å². The topological polar surface area (TPSA) is 81.3 Å². The summed E-state index contributed by atoms with van der Waals surface area (Å²) in [4.78, 5) is 22.2. The Bertz CT molecular complexity index is 340. The van der Waals surface area contributed by atoms with E-state index in [1.54, 1.807) is 0 Å². The van der Waals surface area contributed by atoms with Crippen molar-refractivity contribution in [2.45, 2.75) is 0 Å². The third-order valence-corrected chi connectivity index (χ3v) is 2.25. The first kappa shape index (κ1) is 10.7. The summed E-state index contributed by atoms with van der Waals surface area (Å²) < 4.78 is 9.12. The minimum atomic E-state index is -0.636. The zero-order valence-electron chi connectivity index (χ0n) is 7.46. The lowest BCUT2D eigenvalue weighted by atomic mass is 10.3. The Morgan fingerprint density at radius 2 is 1.86 bits per heavy atom. The predicted octanol–water partition coefficient (Wildman–Crippen LogP) is 0.745. The molecule has 0 bridgehead atoms. The maximum Gasteiger partial charge on any atom is 0.359 e. The zero-order valence-corrected chi connectivity index (χ0v) is 9.04. The molecule has 7 heteroatoms. The van der Waals surface area contributed by atoms with Crippen LogP contribution in [0.15, 0.2) is 4.47 Å². The second-order valence-corrected chi connectivity index (χ2v) is 3.04. The molecular formula is C7H7BrN2O4. The highest BCUT2D eigenvalue weighted by atomic mass is 79.9. The molecule has 0 unspecified atom stereocenters. The van der Waals surface area contributed by atoms with Crippen LogP contribution in [0.1, 0.15) is 21.0 Å². The number of nitrogens with one attached hydrogen (secondary N) is 1. The maximum absolute atomic E-state index is 11.1. The van der Waals surface area contributed by atoms with Gasteiger partial charge >= 0.3 is 11.9 Å². The molecule has 1 heterocycles. The molecule has 0 aliphatic rings. The van der Waals surface area contributed by atoms with E-state index in [1.165, 1.54) is 14.2 Å². The number of H-pyrrole nitrogens is 1. The molecule has 0 radical (unpaired) electrons. The minimum absolute atomic E-state index is 0.00731. The van der Waals surface area contributed by atoms with Crippen LogP contribution in [0.25, 0.3) is 0 Å². The van der Waals surface area contributed by atoms with Crippen molar-refractivity contribution in [1.29, 1.82) is 0 Å². The fourth-order valence-corrected chi connectivity index (χ4v) is 1.30. The average Bonchev–Trinajstić information content (AvgIpc) is 2.58. The fourth-order valence-electron chi connectivity index (χ4n) is 0.798. The number of nitrogens with zero attached hydrogens (tertiary/aromatic N) is 1.